The highest BCUT2D eigenvalue weighted by atomic mass is 16.5. The van der Waals surface area contributed by atoms with E-state index in [1.807, 2.05) is 19.3 Å². The Hall–Kier alpha value is -1.69. The zero-order valence-corrected chi connectivity index (χ0v) is 9.92. The molecule has 1 N–H and O–H groups in total. The molecule has 0 radical (unpaired) electrons. The maximum Gasteiger partial charge on any atom is 0.230 e. The van der Waals surface area contributed by atoms with Gasteiger partial charge in [0.25, 0.3) is 0 Å². The van der Waals surface area contributed by atoms with E-state index >= 15 is 0 Å². The first-order valence-corrected chi connectivity index (χ1v) is 5.78. The third-order valence-corrected chi connectivity index (χ3v) is 3.29. The van der Waals surface area contributed by atoms with Crippen LogP contribution in [0.3, 0.4) is 0 Å². The molecule has 1 aliphatic rings. The van der Waals surface area contributed by atoms with Crippen molar-refractivity contribution in [2.75, 3.05) is 13.1 Å². The quantitative estimate of drug-likeness (QED) is 0.849. The van der Waals surface area contributed by atoms with E-state index in [0.29, 0.717) is 23.6 Å². The average Bonchev–Trinajstić information content (AvgIpc) is 2.82. The summed E-state index contributed by atoms with van der Waals surface area (Å²) in [6.07, 6.45) is 1.87. The highest BCUT2D eigenvalue weighted by Gasteiger charge is 2.29. The third-order valence-electron chi connectivity index (χ3n) is 3.29. The van der Waals surface area contributed by atoms with E-state index in [-0.39, 0.29) is 0 Å². The second-order valence-electron chi connectivity index (χ2n) is 4.54. The molecule has 3 rings (SSSR count). The van der Waals surface area contributed by atoms with Crippen LogP contribution in [0.25, 0.3) is 11.5 Å². The molecule has 0 saturated carbocycles. The number of hydrogen-bond acceptors (Lipinski definition) is 5. The molecule has 0 amide bonds. The van der Waals surface area contributed by atoms with Crippen LogP contribution in [0.15, 0.2) is 16.8 Å². The molecule has 2 aromatic rings. The summed E-state index contributed by atoms with van der Waals surface area (Å²) in [5.41, 5.74) is 0.751. The van der Waals surface area contributed by atoms with Gasteiger partial charge in [-0.3, -0.25) is 4.68 Å². The number of nitrogens with zero attached hydrogens (tertiary/aromatic N) is 4. The first-order chi connectivity index (χ1) is 8.24. The molecule has 0 bridgehead atoms. The van der Waals surface area contributed by atoms with Crippen LogP contribution in [0.4, 0.5) is 0 Å². The fourth-order valence-electron chi connectivity index (χ4n) is 1.92. The molecular formula is C11H15N5O. The predicted octanol–water partition coefficient (Wildman–Crippen LogP) is 0.793. The van der Waals surface area contributed by atoms with Crippen molar-refractivity contribution >= 4 is 0 Å². The van der Waals surface area contributed by atoms with Gasteiger partial charge in [0.2, 0.25) is 11.7 Å². The molecule has 2 aromatic heterocycles. The van der Waals surface area contributed by atoms with Gasteiger partial charge in [0, 0.05) is 19.2 Å². The van der Waals surface area contributed by atoms with Crippen molar-refractivity contribution in [1.29, 1.82) is 0 Å². The van der Waals surface area contributed by atoms with E-state index in [1.54, 1.807) is 4.68 Å². The van der Waals surface area contributed by atoms with Gasteiger partial charge in [-0.2, -0.15) is 10.1 Å². The Morgan fingerprint density at radius 2 is 2.35 bits per heavy atom. The van der Waals surface area contributed by atoms with Gasteiger partial charge in [0.1, 0.15) is 5.69 Å². The maximum absolute atomic E-state index is 5.31. The van der Waals surface area contributed by atoms with E-state index in [1.165, 1.54) is 0 Å². The Morgan fingerprint density at radius 1 is 1.53 bits per heavy atom. The molecule has 6 nitrogen and oxygen atoms in total. The predicted molar refractivity (Wildman–Crippen MR) is 61.3 cm³/mol. The molecule has 1 atom stereocenters. The van der Waals surface area contributed by atoms with E-state index in [4.69, 9.17) is 4.52 Å². The molecule has 1 unspecified atom stereocenters. The first kappa shape index (κ1) is 10.5. The molecular weight excluding hydrogens is 218 g/mol. The van der Waals surface area contributed by atoms with Crippen LogP contribution in [0.5, 0.6) is 0 Å². The highest BCUT2D eigenvalue weighted by molar-refractivity contribution is 5.46. The number of rotatable bonds is 3. The SMILES string of the molecule is CC(c1nc(-c2ccn(C)n2)no1)C1CNC1. The molecule has 1 fully saturated rings. The fraction of sp³-hybridized carbons (Fsp3) is 0.545. The van der Waals surface area contributed by atoms with E-state index in [2.05, 4.69) is 27.5 Å². The Balaban J connectivity index is 1.82. The van der Waals surface area contributed by atoms with Crippen molar-refractivity contribution in [2.24, 2.45) is 13.0 Å². The lowest BCUT2D eigenvalue weighted by atomic mass is 9.89. The first-order valence-electron chi connectivity index (χ1n) is 5.78. The molecule has 6 heteroatoms. The summed E-state index contributed by atoms with van der Waals surface area (Å²) in [6, 6.07) is 1.88. The lowest BCUT2D eigenvalue weighted by Crippen LogP contribution is -2.44. The Labute approximate surface area is 99.0 Å². The van der Waals surface area contributed by atoms with E-state index < -0.39 is 0 Å². The topological polar surface area (TPSA) is 68.8 Å². The number of aryl methyl sites for hydroxylation is 1. The highest BCUT2D eigenvalue weighted by Crippen LogP contribution is 2.26. The van der Waals surface area contributed by atoms with Crippen LogP contribution >= 0.6 is 0 Å². The summed E-state index contributed by atoms with van der Waals surface area (Å²) in [7, 11) is 1.87. The minimum atomic E-state index is 0.307. The normalized spacial score (nSPS) is 18.0. The standard InChI is InChI=1S/C11H15N5O/c1-7(8-5-12-6-8)11-13-10(15-17-11)9-3-4-16(2)14-9/h3-4,7-8,12H,5-6H2,1-2H3. The average molecular weight is 233 g/mol. The fourth-order valence-corrected chi connectivity index (χ4v) is 1.92. The minimum Gasteiger partial charge on any atom is -0.339 e. The Morgan fingerprint density at radius 3 is 2.94 bits per heavy atom. The van der Waals surface area contributed by atoms with Crippen molar-refractivity contribution in [2.45, 2.75) is 12.8 Å². The van der Waals surface area contributed by atoms with Gasteiger partial charge in [-0.1, -0.05) is 12.1 Å². The minimum absolute atomic E-state index is 0.307. The summed E-state index contributed by atoms with van der Waals surface area (Å²) in [5.74, 6) is 2.19. The monoisotopic (exact) mass is 233 g/mol. The molecule has 17 heavy (non-hydrogen) atoms. The molecule has 0 spiro atoms. The van der Waals surface area contributed by atoms with Gasteiger partial charge in [-0.25, -0.2) is 0 Å². The van der Waals surface area contributed by atoms with E-state index in [9.17, 15) is 0 Å². The van der Waals surface area contributed by atoms with Crippen LogP contribution < -0.4 is 5.32 Å². The van der Waals surface area contributed by atoms with Gasteiger partial charge >= 0.3 is 0 Å². The summed E-state index contributed by atoms with van der Waals surface area (Å²) >= 11 is 0. The molecule has 1 aliphatic heterocycles. The van der Waals surface area contributed by atoms with Crippen molar-refractivity contribution in [3.05, 3.63) is 18.2 Å². The number of hydrogen-bond donors (Lipinski definition) is 1. The van der Waals surface area contributed by atoms with Crippen LogP contribution in [-0.4, -0.2) is 33.0 Å². The maximum atomic E-state index is 5.31. The summed E-state index contributed by atoms with van der Waals surface area (Å²) in [5, 5.41) is 11.5. The number of nitrogens with one attached hydrogen (secondary N) is 1. The van der Waals surface area contributed by atoms with Crippen molar-refractivity contribution in [1.82, 2.24) is 25.2 Å². The van der Waals surface area contributed by atoms with Gasteiger partial charge in [-0.05, 0) is 25.1 Å². The van der Waals surface area contributed by atoms with Crippen LogP contribution in [0.2, 0.25) is 0 Å². The molecule has 0 aliphatic carbocycles. The van der Waals surface area contributed by atoms with Crippen LogP contribution in [0, 0.1) is 5.92 Å². The van der Waals surface area contributed by atoms with Crippen LogP contribution in [-0.2, 0) is 7.05 Å². The lowest BCUT2D eigenvalue weighted by molar-refractivity contribution is 0.252. The zero-order chi connectivity index (χ0) is 11.8. The van der Waals surface area contributed by atoms with Crippen LogP contribution in [0.1, 0.15) is 18.7 Å². The summed E-state index contributed by atoms with van der Waals surface area (Å²) in [6.45, 7) is 4.19. The molecule has 3 heterocycles. The molecule has 90 valence electrons. The summed E-state index contributed by atoms with van der Waals surface area (Å²) < 4.78 is 7.04. The van der Waals surface area contributed by atoms with Crippen molar-refractivity contribution in [3.8, 4) is 11.5 Å². The molecule has 0 aromatic carbocycles. The van der Waals surface area contributed by atoms with Crippen molar-refractivity contribution in [3.63, 3.8) is 0 Å². The largest absolute Gasteiger partial charge is 0.339 e. The number of aromatic nitrogens is 4. The Kier molecular flexibility index (Phi) is 2.44. The van der Waals surface area contributed by atoms with Gasteiger partial charge in [-0.15, -0.1) is 0 Å². The smallest absolute Gasteiger partial charge is 0.230 e. The van der Waals surface area contributed by atoms with Gasteiger partial charge in [0.15, 0.2) is 0 Å². The van der Waals surface area contributed by atoms with Gasteiger partial charge < -0.3 is 9.84 Å². The lowest BCUT2D eigenvalue weighted by Gasteiger charge is -2.30. The van der Waals surface area contributed by atoms with Gasteiger partial charge in [0.05, 0.1) is 0 Å². The van der Waals surface area contributed by atoms with E-state index in [0.717, 1.165) is 18.8 Å². The molecule has 1 saturated heterocycles. The zero-order valence-electron chi connectivity index (χ0n) is 9.92. The van der Waals surface area contributed by atoms with Crippen molar-refractivity contribution < 1.29 is 4.52 Å². The second-order valence-corrected chi connectivity index (χ2v) is 4.54. The third kappa shape index (κ3) is 1.84. The second kappa shape index (κ2) is 3.96. The summed E-state index contributed by atoms with van der Waals surface area (Å²) in [4.78, 5) is 4.42. The Bertz CT molecular complexity index is 513.